The van der Waals surface area contributed by atoms with Crippen molar-refractivity contribution in [3.63, 3.8) is 0 Å². The summed E-state index contributed by atoms with van der Waals surface area (Å²) in [6.07, 6.45) is 0.467. The molecule has 1 unspecified atom stereocenters. The molecule has 1 atom stereocenters. The van der Waals surface area contributed by atoms with Crippen molar-refractivity contribution in [1.82, 2.24) is 4.90 Å². The van der Waals surface area contributed by atoms with Gasteiger partial charge in [0.2, 0.25) is 0 Å². The van der Waals surface area contributed by atoms with E-state index in [1.807, 2.05) is 0 Å². The number of phenolic OH excluding ortho intramolecular Hbond substituents is 1. The van der Waals surface area contributed by atoms with Crippen molar-refractivity contribution in [2.24, 2.45) is 0 Å². The maximum Gasteiger partial charge on any atom is 0.324 e. The summed E-state index contributed by atoms with van der Waals surface area (Å²) in [5.74, 6) is -0.584. The van der Waals surface area contributed by atoms with Gasteiger partial charge in [-0.05, 0) is 37.2 Å². The van der Waals surface area contributed by atoms with Gasteiger partial charge in [0.05, 0.1) is 0 Å². The number of nitrogens with zero attached hydrogens (tertiary/aromatic N) is 1. The molecule has 0 aliphatic carbocycles. The number of carboxylic acids is 1. The normalized spacial score (nSPS) is 25.1. The Bertz CT molecular complexity index is 444. The van der Waals surface area contributed by atoms with Crippen molar-refractivity contribution in [2.45, 2.75) is 25.4 Å². The maximum atomic E-state index is 11.3. The molecule has 2 N–H and O–H groups in total. The van der Waals surface area contributed by atoms with Gasteiger partial charge in [-0.2, -0.15) is 0 Å². The van der Waals surface area contributed by atoms with Crippen LogP contribution in [0.5, 0.6) is 5.75 Å². The molecule has 1 aliphatic rings. The summed E-state index contributed by atoms with van der Waals surface area (Å²) >= 11 is 0. The second-order valence-electron chi connectivity index (χ2n) is 4.56. The fraction of sp³-hybridized carbons (Fsp3) is 0.417. The average Bonchev–Trinajstić information content (AvgIpc) is 2.20. The van der Waals surface area contributed by atoms with E-state index in [4.69, 9.17) is 0 Å². The zero-order valence-corrected chi connectivity index (χ0v) is 9.40. The van der Waals surface area contributed by atoms with Crippen LogP contribution in [0.2, 0.25) is 0 Å². The first-order chi connectivity index (χ1) is 7.43. The lowest BCUT2D eigenvalue weighted by molar-refractivity contribution is -0.150. The minimum atomic E-state index is -0.857. The van der Waals surface area contributed by atoms with Crippen LogP contribution in [0.4, 0.5) is 0 Å². The molecule has 4 heteroatoms. The fourth-order valence-electron chi connectivity index (χ4n) is 2.11. The van der Waals surface area contributed by atoms with E-state index in [9.17, 15) is 15.0 Å². The standard InChI is InChI=1S/C12H15NO3/c1-12(11(15)16)6-8-3-4-10(14)5-9(8)7-13(12)2/h3-5,14H,6-7H2,1-2H3,(H,15,16). The molecule has 0 fully saturated rings. The molecule has 1 heterocycles. The Labute approximate surface area is 94.1 Å². The van der Waals surface area contributed by atoms with Crippen LogP contribution in [0.15, 0.2) is 18.2 Å². The fourth-order valence-corrected chi connectivity index (χ4v) is 2.11. The summed E-state index contributed by atoms with van der Waals surface area (Å²) in [6.45, 7) is 2.28. The second-order valence-corrected chi connectivity index (χ2v) is 4.56. The Balaban J connectivity index is 2.43. The van der Waals surface area contributed by atoms with Crippen molar-refractivity contribution in [3.05, 3.63) is 29.3 Å². The molecule has 0 saturated heterocycles. The van der Waals surface area contributed by atoms with Crippen molar-refractivity contribution >= 4 is 5.97 Å². The molecule has 1 aromatic rings. The van der Waals surface area contributed by atoms with Gasteiger partial charge in [0.1, 0.15) is 11.3 Å². The van der Waals surface area contributed by atoms with Crippen LogP contribution >= 0.6 is 0 Å². The van der Waals surface area contributed by atoms with E-state index in [-0.39, 0.29) is 5.75 Å². The molecule has 86 valence electrons. The predicted molar refractivity (Wildman–Crippen MR) is 59.3 cm³/mol. The summed E-state index contributed by atoms with van der Waals surface area (Å²) in [5.41, 5.74) is 1.14. The first kappa shape index (κ1) is 11.0. The molecule has 2 rings (SSSR count). The Kier molecular flexibility index (Phi) is 2.39. The smallest absolute Gasteiger partial charge is 0.324 e. The van der Waals surface area contributed by atoms with Gasteiger partial charge in [-0.1, -0.05) is 6.07 Å². The molecule has 1 aromatic carbocycles. The molecule has 0 bridgehead atoms. The van der Waals surface area contributed by atoms with E-state index in [0.717, 1.165) is 11.1 Å². The predicted octanol–water partition coefficient (Wildman–Crippen LogP) is 1.22. The molecule has 0 amide bonds. The average molecular weight is 221 g/mol. The number of hydrogen-bond donors (Lipinski definition) is 2. The number of benzene rings is 1. The third-order valence-corrected chi connectivity index (χ3v) is 3.44. The van der Waals surface area contributed by atoms with Crippen LogP contribution < -0.4 is 0 Å². The summed E-state index contributed by atoms with van der Waals surface area (Å²) < 4.78 is 0. The van der Waals surface area contributed by atoms with E-state index in [1.165, 1.54) is 0 Å². The highest BCUT2D eigenvalue weighted by Gasteiger charge is 2.41. The van der Waals surface area contributed by atoms with E-state index >= 15 is 0 Å². The van der Waals surface area contributed by atoms with Gasteiger partial charge in [0.25, 0.3) is 0 Å². The van der Waals surface area contributed by atoms with E-state index in [0.29, 0.717) is 13.0 Å². The first-order valence-electron chi connectivity index (χ1n) is 5.19. The van der Waals surface area contributed by atoms with E-state index in [1.54, 1.807) is 37.1 Å². The largest absolute Gasteiger partial charge is 0.508 e. The number of carboxylic acid groups (broad SMARTS) is 1. The van der Waals surface area contributed by atoms with Crippen LogP contribution in [-0.2, 0) is 17.8 Å². The maximum absolute atomic E-state index is 11.3. The van der Waals surface area contributed by atoms with Gasteiger partial charge < -0.3 is 10.2 Å². The lowest BCUT2D eigenvalue weighted by atomic mass is 9.84. The highest BCUT2D eigenvalue weighted by Crippen LogP contribution is 2.31. The Morgan fingerprint density at radius 1 is 1.44 bits per heavy atom. The van der Waals surface area contributed by atoms with Gasteiger partial charge in [0.15, 0.2) is 0 Å². The number of carbonyl (C=O) groups is 1. The SMILES string of the molecule is CN1Cc2cc(O)ccc2CC1(C)C(=O)O. The van der Waals surface area contributed by atoms with Crippen molar-refractivity contribution in [3.8, 4) is 5.75 Å². The van der Waals surface area contributed by atoms with Crippen molar-refractivity contribution in [1.29, 1.82) is 0 Å². The zero-order chi connectivity index (χ0) is 11.9. The molecular formula is C12H15NO3. The number of aliphatic carboxylic acids is 1. The van der Waals surface area contributed by atoms with Crippen molar-refractivity contribution in [2.75, 3.05) is 7.05 Å². The molecule has 0 saturated carbocycles. The summed E-state index contributed by atoms with van der Waals surface area (Å²) in [6, 6.07) is 5.11. The van der Waals surface area contributed by atoms with E-state index < -0.39 is 11.5 Å². The molecule has 0 spiro atoms. The van der Waals surface area contributed by atoms with Crippen LogP contribution in [0.25, 0.3) is 0 Å². The summed E-state index contributed by atoms with van der Waals surface area (Å²) in [7, 11) is 1.79. The minimum absolute atomic E-state index is 0.228. The lowest BCUT2D eigenvalue weighted by Gasteiger charge is -2.40. The van der Waals surface area contributed by atoms with Crippen LogP contribution in [0, 0.1) is 0 Å². The third-order valence-electron chi connectivity index (χ3n) is 3.44. The van der Waals surface area contributed by atoms with E-state index in [2.05, 4.69) is 0 Å². The summed E-state index contributed by atoms with van der Waals surface area (Å²) in [5, 5.41) is 18.6. The monoisotopic (exact) mass is 221 g/mol. The number of aromatic hydroxyl groups is 1. The zero-order valence-electron chi connectivity index (χ0n) is 9.40. The number of rotatable bonds is 1. The Morgan fingerprint density at radius 3 is 2.75 bits per heavy atom. The van der Waals surface area contributed by atoms with Crippen LogP contribution in [0.1, 0.15) is 18.1 Å². The first-order valence-corrected chi connectivity index (χ1v) is 5.19. The molecule has 4 nitrogen and oxygen atoms in total. The van der Waals surface area contributed by atoms with Gasteiger partial charge in [-0.25, -0.2) is 0 Å². The second kappa shape index (κ2) is 3.49. The number of fused-ring (bicyclic) bond motifs is 1. The highest BCUT2D eigenvalue weighted by molar-refractivity contribution is 5.79. The number of hydrogen-bond acceptors (Lipinski definition) is 3. The Morgan fingerprint density at radius 2 is 2.12 bits per heavy atom. The van der Waals surface area contributed by atoms with Gasteiger partial charge >= 0.3 is 5.97 Å². The van der Waals surface area contributed by atoms with Gasteiger partial charge in [0, 0.05) is 13.0 Å². The quantitative estimate of drug-likeness (QED) is 0.748. The molecule has 16 heavy (non-hydrogen) atoms. The lowest BCUT2D eigenvalue weighted by Crippen LogP contribution is -2.54. The summed E-state index contributed by atoms with van der Waals surface area (Å²) in [4.78, 5) is 13.1. The van der Waals surface area contributed by atoms with Crippen molar-refractivity contribution < 1.29 is 15.0 Å². The topological polar surface area (TPSA) is 60.8 Å². The van der Waals surface area contributed by atoms with Crippen LogP contribution in [0.3, 0.4) is 0 Å². The molecule has 0 radical (unpaired) electrons. The Hall–Kier alpha value is -1.55. The molecule has 0 aromatic heterocycles. The number of phenols is 1. The molecular weight excluding hydrogens is 206 g/mol. The third kappa shape index (κ3) is 1.55. The number of likely N-dealkylation sites (N-methyl/N-ethyl adjacent to an activating group) is 1. The van der Waals surface area contributed by atoms with Gasteiger partial charge in [-0.3, -0.25) is 9.69 Å². The highest BCUT2D eigenvalue weighted by atomic mass is 16.4. The van der Waals surface area contributed by atoms with Crippen LogP contribution in [-0.4, -0.2) is 33.7 Å². The van der Waals surface area contributed by atoms with Gasteiger partial charge in [-0.15, -0.1) is 0 Å². The minimum Gasteiger partial charge on any atom is -0.508 e. The molecule has 1 aliphatic heterocycles.